The van der Waals surface area contributed by atoms with Crippen LogP contribution in [0.15, 0.2) is 18.2 Å². The van der Waals surface area contributed by atoms with Crippen LogP contribution in [-0.2, 0) is 15.2 Å². The van der Waals surface area contributed by atoms with Gasteiger partial charge in [0.05, 0.1) is 22.2 Å². The summed E-state index contributed by atoms with van der Waals surface area (Å²) in [5, 5.41) is 1.40. The Bertz CT molecular complexity index is 504. The lowest BCUT2D eigenvalue weighted by molar-refractivity contribution is 0.586. The van der Waals surface area contributed by atoms with E-state index in [9.17, 15) is 8.42 Å². The summed E-state index contributed by atoms with van der Waals surface area (Å²) in [7, 11) is -2.85. The van der Waals surface area contributed by atoms with Gasteiger partial charge in [0.15, 0.2) is 9.84 Å². The van der Waals surface area contributed by atoms with Crippen molar-refractivity contribution in [1.82, 2.24) is 0 Å². The summed E-state index contributed by atoms with van der Waals surface area (Å²) < 4.78 is 22.8. The monoisotopic (exact) mass is 337 g/mol. The van der Waals surface area contributed by atoms with Crippen LogP contribution >= 0.6 is 27.5 Å². The number of hydrogen-bond acceptors (Lipinski definition) is 3. The zero-order valence-corrected chi connectivity index (χ0v) is 12.4. The Labute approximate surface area is 115 Å². The van der Waals surface area contributed by atoms with Gasteiger partial charge < -0.3 is 4.90 Å². The van der Waals surface area contributed by atoms with Gasteiger partial charge in [-0.2, -0.15) is 0 Å². The number of halogens is 2. The van der Waals surface area contributed by atoms with E-state index in [1.54, 1.807) is 0 Å². The van der Waals surface area contributed by atoms with Crippen LogP contribution in [-0.4, -0.2) is 33.0 Å². The lowest BCUT2D eigenvalue weighted by Gasteiger charge is -2.31. The molecule has 0 amide bonds. The van der Waals surface area contributed by atoms with Crippen molar-refractivity contribution in [2.45, 2.75) is 5.33 Å². The molecule has 1 fully saturated rings. The second kappa shape index (κ2) is 5.16. The predicted molar refractivity (Wildman–Crippen MR) is 74.9 cm³/mol. The Kier molecular flexibility index (Phi) is 4.00. The van der Waals surface area contributed by atoms with Gasteiger partial charge in [-0.05, 0) is 11.6 Å². The fourth-order valence-corrected chi connectivity index (χ4v) is 3.93. The highest BCUT2D eigenvalue weighted by atomic mass is 79.9. The van der Waals surface area contributed by atoms with E-state index in [4.69, 9.17) is 11.6 Å². The summed E-state index contributed by atoms with van der Waals surface area (Å²) in [6.45, 7) is 1.04. The van der Waals surface area contributed by atoms with Crippen LogP contribution in [0.4, 0.5) is 5.69 Å². The minimum atomic E-state index is -2.85. The van der Waals surface area contributed by atoms with E-state index in [0.717, 1.165) is 11.3 Å². The number of para-hydroxylation sites is 1. The molecule has 1 saturated heterocycles. The first-order valence-electron chi connectivity index (χ1n) is 5.32. The molecule has 1 aliphatic heterocycles. The average Bonchev–Trinajstić information content (AvgIpc) is 2.29. The van der Waals surface area contributed by atoms with Gasteiger partial charge in [0, 0.05) is 18.4 Å². The summed E-state index contributed by atoms with van der Waals surface area (Å²) in [5.41, 5.74) is 2.05. The molecule has 0 aliphatic carbocycles. The fraction of sp³-hybridized carbons (Fsp3) is 0.455. The summed E-state index contributed by atoms with van der Waals surface area (Å²) in [5.74, 6) is 0.417. The van der Waals surface area contributed by atoms with Crippen LogP contribution in [0, 0.1) is 0 Å². The van der Waals surface area contributed by atoms with Gasteiger partial charge in [-0.15, -0.1) is 0 Å². The summed E-state index contributed by atoms with van der Waals surface area (Å²) in [4.78, 5) is 2.06. The molecule has 0 saturated carbocycles. The van der Waals surface area contributed by atoms with E-state index in [0.29, 0.717) is 23.4 Å². The van der Waals surface area contributed by atoms with Crippen molar-refractivity contribution >= 4 is 43.1 Å². The Morgan fingerprint density at radius 1 is 1.29 bits per heavy atom. The number of rotatable bonds is 2. The highest BCUT2D eigenvalue weighted by Gasteiger charge is 2.24. The summed E-state index contributed by atoms with van der Waals surface area (Å²) in [6.07, 6.45) is 0. The fourth-order valence-electron chi connectivity index (χ4n) is 1.96. The quantitative estimate of drug-likeness (QED) is 0.778. The molecular formula is C11H13BrClNO2S. The van der Waals surface area contributed by atoms with Gasteiger partial charge in [-0.3, -0.25) is 0 Å². The maximum Gasteiger partial charge on any atom is 0.153 e. The van der Waals surface area contributed by atoms with E-state index in [1.165, 1.54) is 0 Å². The van der Waals surface area contributed by atoms with E-state index in [2.05, 4.69) is 20.8 Å². The molecule has 1 aromatic carbocycles. The largest absolute Gasteiger partial charge is 0.368 e. The zero-order chi connectivity index (χ0) is 12.5. The summed E-state index contributed by atoms with van der Waals surface area (Å²) in [6, 6.07) is 5.74. The molecule has 3 nitrogen and oxygen atoms in total. The minimum Gasteiger partial charge on any atom is -0.368 e. The Morgan fingerprint density at radius 2 is 1.94 bits per heavy atom. The molecule has 0 atom stereocenters. The van der Waals surface area contributed by atoms with Crippen LogP contribution in [0.3, 0.4) is 0 Å². The van der Waals surface area contributed by atoms with Gasteiger partial charge >= 0.3 is 0 Å². The van der Waals surface area contributed by atoms with Crippen LogP contribution in [0.1, 0.15) is 5.56 Å². The third kappa shape index (κ3) is 2.95. The molecule has 0 aromatic heterocycles. The molecule has 2 rings (SSSR count). The van der Waals surface area contributed by atoms with E-state index < -0.39 is 9.84 Å². The van der Waals surface area contributed by atoms with E-state index in [-0.39, 0.29) is 11.5 Å². The van der Waals surface area contributed by atoms with E-state index >= 15 is 0 Å². The SMILES string of the molecule is O=S1(=O)CCN(c2c(Cl)cccc2CBr)CC1. The second-order valence-corrected chi connectivity index (χ2v) is 7.29. The van der Waals surface area contributed by atoms with Gasteiger partial charge in [-0.1, -0.05) is 39.7 Å². The summed E-state index contributed by atoms with van der Waals surface area (Å²) >= 11 is 9.63. The number of alkyl halides is 1. The van der Waals surface area contributed by atoms with Gasteiger partial charge in [0.1, 0.15) is 0 Å². The van der Waals surface area contributed by atoms with Crippen LogP contribution < -0.4 is 4.90 Å². The van der Waals surface area contributed by atoms with Gasteiger partial charge in [-0.25, -0.2) is 8.42 Å². The lowest BCUT2D eigenvalue weighted by Crippen LogP contribution is -2.40. The molecule has 0 radical (unpaired) electrons. The molecule has 1 aliphatic rings. The van der Waals surface area contributed by atoms with Gasteiger partial charge in [0.2, 0.25) is 0 Å². The minimum absolute atomic E-state index is 0.208. The number of anilines is 1. The molecule has 0 bridgehead atoms. The van der Waals surface area contributed by atoms with Crippen molar-refractivity contribution in [2.75, 3.05) is 29.5 Å². The van der Waals surface area contributed by atoms with Crippen molar-refractivity contribution in [1.29, 1.82) is 0 Å². The van der Waals surface area contributed by atoms with Crippen molar-refractivity contribution < 1.29 is 8.42 Å². The molecule has 0 unspecified atom stereocenters. The first-order valence-corrected chi connectivity index (χ1v) is 8.64. The second-order valence-electron chi connectivity index (χ2n) is 4.02. The van der Waals surface area contributed by atoms with Gasteiger partial charge in [0.25, 0.3) is 0 Å². The number of nitrogens with zero attached hydrogens (tertiary/aromatic N) is 1. The Morgan fingerprint density at radius 3 is 2.53 bits per heavy atom. The number of hydrogen-bond donors (Lipinski definition) is 0. The smallest absolute Gasteiger partial charge is 0.153 e. The standard InChI is InChI=1S/C11H13BrClNO2S/c12-8-9-2-1-3-10(13)11(9)14-4-6-17(15,16)7-5-14/h1-3H,4-8H2. The molecule has 1 aromatic rings. The zero-order valence-electron chi connectivity index (χ0n) is 9.20. The highest BCUT2D eigenvalue weighted by Crippen LogP contribution is 2.32. The number of benzene rings is 1. The third-order valence-corrected chi connectivity index (χ3v) is 5.39. The maximum absolute atomic E-state index is 11.4. The molecule has 0 N–H and O–H groups in total. The van der Waals surface area contributed by atoms with Crippen LogP contribution in [0.25, 0.3) is 0 Å². The molecular weight excluding hydrogens is 326 g/mol. The predicted octanol–water partition coefficient (Wildman–Crippen LogP) is 2.47. The Balaban J connectivity index is 2.29. The van der Waals surface area contributed by atoms with Crippen molar-refractivity contribution in [2.24, 2.45) is 0 Å². The first kappa shape index (κ1) is 13.2. The number of sulfone groups is 1. The van der Waals surface area contributed by atoms with E-state index in [1.807, 2.05) is 18.2 Å². The lowest BCUT2D eigenvalue weighted by atomic mass is 10.2. The van der Waals surface area contributed by atoms with Crippen molar-refractivity contribution in [3.63, 3.8) is 0 Å². The van der Waals surface area contributed by atoms with Crippen molar-refractivity contribution in [3.05, 3.63) is 28.8 Å². The average molecular weight is 339 g/mol. The first-order chi connectivity index (χ1) is 8.03. The third-order valence-electron chi connectivity index (χ3n) is 2.87. The van der Waals surface area contributed by atoms with Crippen molar-refractivity contribution in [3.8, 4) is 0 Å². The molecule has 0 spiro atoms. The van der Waals surface area contributed by atoms with Crippen LogP contribution in [0.2, 0.25) is 5.02 Å². The molecule has 94 valence electrons. The maximum atomic E-state index is 11.4. The topological polar surface area (TPSA) is 37.4 Å². The van der Waals surface area contributed by atoms with Crippen LogP contribution in [0.5, 0.6) is 0 Å². The Hall–Kier alpha value is -0.260. The molecule has 6 heteroatoms. The molecule has 17 heavy (non-hydrogen) atoms. The molecule has 1 heterocycles. The highest BCUT2D eigenvalue weighted by molar-refractivity contribution is 9.08. The normalized spacial score (nSPS) is 19.3.